The molecule has 7 rings (SSSR count). The molecule has 0 saturated carbocycles. The third-order valence-electron chi connectivity index (χ3n) is 12.1. The number of aryl methyl sites for hydroxylation is 1. The van der Waals surface area contributed by atoms with Crippen LogP contribution < -0.4 is 25.6 Å². The lowest BCUT2D eigenvalue weighted by Gasteiger charge is -2.39. The Morgan fingerprint density at radius 3 is 2.34 bits per heavy atom. The monoisotopic (exact) mass is 873 g/mol. The number of amides is 4. The third-order valence-corrected chi connectivity index (χ3v) is 12.1. The lowest BCUT2D eigenvalue weighted by molar-refractivity contribution is -0.144. The number of benzene rings is 2. The summed E-state index contributed by atoms with van der Waals surface area (Å²) in [6.07, 6.45) is 2.77. The van der Waals surface area contributed by atoms with E-state index < -0.39 is 29.5 Å². The van der Waals surface area contributed by atoms with Crippen LogP contribution in [0.4, 0.5) is 11.4 Å². The van der Waals surface area contributed by atoms with E-state index in [1.807, 2.05) is 90.2 Å². The van der Waals surface area contributed by atoms with Crippen molar-refractivity contribution in [3.63, 3.8) is 0 Å². The number of aromatic nitrogens is 5. The molecular weight excluding hydrogens is 815 g/mol. The second-order valence-electron chi connectivity index (χ2n) is 17.7. The number of anilines is 2. The number of H-pyrrole nitrogens is 1. The summed E-state index contributed by atoms with van der Waals surface area (Å²) < 4.78 is 7.48. The maximum absolute atomic E-state index is 14.3. The van der Waals surface area contributed by atoms with E-state index in [1.165, 1.54) is 4.90 Å². The van der Waals surface area contributed by atoms with Crippen LogP contribution in [-0.4, -0.2) is 128 Å². The van der Waals surface area contributed by atoms with Gasteiger partial charge in [-0.2, -0.15) is 10.2 Å². The van der Waals surface area contributed by atoms with Crippen molar-refractivity contribution in [1.29, 1.82) is 0 Å². The van der Waals surface area contributed by atoms with E-state index in [0.717, 1.165) is 22.5 Å². The number of methoxy groups -OCH3 is 1. The number of rotatable bonds is 14. The topological polar surface area (TPSA) is 203 Å². The second kappa shape index (κ2) is 19.4. The molecule has 2 aliphatic rings. The number of hydrogen-bond acceptors (Lipinski definition) is 11. The van der Waals surface area contributed by atoms with Gasteiger partial charge in [0.05, 0.1) is 42.0 Å². The number of nitrogens with one attached hydrogen (secondary N) is 4. The molecule has 5 aromatic rings. The summed E-state index contributed by atoms with van der Waals surface area (Å²) in [4.78, 5) is 65.3. The fourth-order valence-electron chi connectivity index (χ4n) is 8.43. The lowest BCUT2D eigenvalue weighted by Crippen LogP contribution is -2.58. The van der Waals surface area contributed by atoms with Crippen LogP contribution in [0.1, 0.15) is 69.6 Å². The summed E-state index contributed by atoms with van der Waals surface area (Å²) >= 11 is 0. The van der Waals surface area contributed by atoms with E-state index in [4.69, 9.17) is 4.74 Å². The van der Waals surface area contributed by atoms with Crippen molar-refractivity contribution in [2.24, 2.45) is 12.5 Å². The number of aliphatic hydroxyl groups excluding tert-OH is 1. The van der Waals surface area contributed by atoms with Gasteiger partial charge in [0.1, 0.15) is 23.5 Å². The molecule has 4 amide bonds. The van der Waals surface area contributed by atoms with Gasteiger partial charge >= 0.3 is 0 Å². The van der Waals surface area contributed by atoms with Gasteiger partial charge < -0.3 is 35.6 Å². The minimum absolute atomic E-state index is 0.00368. The SMILES string of the molecule is COc1cc(N2CCN([C@@H](C)CC(=O)N[C@H](C(=O)N3C[C@H](O)C[C@H]3C(=O)N[C@@H](C)c3ccc(-c4ccnn4C)cc3)C(C)(C)C)CC2)ccc1NC(=O)c1cccc(-c2ccn[nH]2)n1. The number of ether oxygens (including phenoxy) is 1. The maximum atomic E-state index is 14.3. The molecule has 17 heteroatoms. The standard InChI is InChI=1S/C47H59N11O6/c1-29(56-21-23-57(24-22-56)33-15-16-37(41(26-33)64-7)52-44(61)38-10-8-9-35(51-38)36-17-19-48-54-36)25-42(60)53-43(47(3,4)5)46(63)58-28-34(59)27-40(58)45(62)50-30(2)31-11-13-32(14-12-31)39-18-20-49-55(39)6/h8-20,26,29-30,34,40,43,59H,21-25,27-28H2,1-7H3,(H,48,54)(H,50,62)(H,52,61)(H,53,60)/t29-,30-,34+,40-,43+/m0/s1. The van der Waals surface area contributed by atoms with Gasteiger partial charge in [0.15, 0.2) is 0 Å². The normalized spacial score (nSPS) is 18.2. The van der Waals surface area contributed by atoms with Gasteiger partial charge in [-0.3, -0.25) is 33.9 Å². The smallest absolute Gasteiger partial charge is 0.274 e. The molecule has 2 fully saturated rings. The number of piperazine rings is 1. The molecule has 338 valence electrons. The Labute approximate surface area is 373 Å². The van der Waals surface area contributed by atoms with Crippen LogP contribution in [0, 0.1) is 5.41 Å². The molecule has 2 aromatic carbocycles. The number of hydrogen-bond donors (Lipinski definition) is 5. The number of carbonyl (C=O) groups is 4. The highest BCUT2D eigenvalue weighted by molar-refractivity contribution is 6.04. The summed E-state index contributed by atoms with van der Waals surface area (Å²) in [6, 6.07) is 20.2. The number of pyridine rings is 1. The number of β-amino-alcohol motifs (C(OH)–C–C–N with tert-alkyl or cyclic N) is 1. The zero-order chi connectivity index (χ0) is 45.7. The number of carbonyl (C=O) groups excluding carboxylic acids is 4. The van der Waals surface area contributed by atoms with E-state index in [2.05, 4.69) is 46.0 Å². The van der Waals surface area contributed by atoms with Crippen LogP contribution >= 0.6 is 0 Å². The van der Waals surface area contributed by atoms with Crippen molar-refractivity contribution < 1.29 is 29.0 Å². The first-order chi connectivity index (χ1) is 30.6. The number of likely N-dealkylation sites (tertiary alicyclic amines) is 1. The van der Waals surface area contributed by atoms with Crippen molar-refractivity contribution in [2.75, 3.05) is 50.1 Å². The van der Waals surface area contributed by atoms with Crippen molar-refractivity contribution in [1.82, 2.24) is 45.4 Å². The molecule has 3 aromatic heterocycles. The van der Waals surface area contributed by atoms with Crippen LogP contribution in [-0.2, 0) is 21.4 Å². The fourth-order valence-corrected chi connectivity index (χ4v) is 8.43. The average Bonchev–Trinajstić information content (AvgIpc) is 4.07. The van der Waals surface area contributed by atoms with E-state index in [0.29, 0.717) is 49.0 Å². The van der Waals surface area contributed by atoms with Gasteiger partial charge in [-0.05, 0) is 66.8 Å². The highest BCUT2D eigenvalue weighted by atomic mass is 16.5. The van der Waals surface area contributed by atoms with E-state index >= 15 is 0 Å². The molecule has 64 heavy (non-hydrogen) atoms. The fraction of sp³-hybridized carbons (Fsp3) is 0.426. The molecule has 0 spiro atoms. The molecule has 5 heterocycles. The first-order valence-corrected chi connectivity index (χ1v) is 21.7. The molecule has 2 aliphatic heterocycles. The zero-order valence-electron chi connectivity index (χ0n) is 37.5. The third kappa shape index (κ3) is 10.4. The van der Waals surface area contributed by atoms with E-state index in [9.17, 15) is 24.3 Å². The largest absolute Gasteiger partial charge is 0.494 e. The number of aromatic amines is 1. The number of aliphatic hydroxyl groups is 1. The highest BCUT2D eigenvalue weighted by Crippen LogP contribution is 2.32. The molecule has 5 atom stereocenters. The van der Waals surface area contributed by atoms with Gasteiger partial charge in [-0.15, -0.1) is 0 Å². The molecule has 17 nitrogen and oxygen atoms in total. The molecule has 5 N–H and O–H groups in total. The van der Waals surface area contributed by atoms with Crippen molar-refractivity contribution in [3.8, 4) is 28.4 Å². The summed E-state index contributed by atoms with van der Waals surface area (Å²) in [5.74, 6) is -0.881. The van der Waals surface area contributed by atoms with Gasteiger partial charge in [-0.1, -0.05) is 51.1 Å². The van der Waals surface area contributed by atoms with Gasteiger partial charge in [0.2, 0.25) is 17.7 Å². The Hall–Kier alpha value is -6.59. The van der Waals surface area contributed by atoms with Crippen LogP contribution in [0.2, 0.25) is 0 Å². The highest BCUT2D eigenvalue weighted by Gasteiger charge is 2.45. The Bertz CT molecular complexity index is 2420. The lowest BCUT2D eigenvalue weighted by atomic mass is 9.85. The predicted molar refractivity (Wildman–Crippen MR) is 243 cm³/mol. The van der Waals surface area contributed by atoms with Crippen LogP contribution in [0.15, 0.2) is 85.2 Å². The Kier molecular flexibility index (Phi) is 13.8. The summed E-state index contributed by atoms with van der Waals surface area (Å²) in [6.45, 7) is 12.3. The van der Waals surface area contributed by atoms with Crippen molar-refractivity contribution in [2.45, 2.75) is 77.7 Å². The molecule has 0 bridgehead atoms. The zero-order valence-corrected chi connectivity index (χ0v) is 37.5. The first-order valence-electron chi connectivity index (χ1n) is 21.7. The predicted octanol–water partition coefficient (Wildman–Crippen LogP) is 4.40. The van der Waals surface area contributed by atoms with Crippen LogP contribution in [0.25, 0.3) is 22.6 Å². The van der Waals surface area contributed by atoms with E-state index in [1.54, 1.807) is 48.5 Å². The van der Waals surface area contributed by atoms with E-state index in [-0.39, 0.29) is 54.9 Å². The molecule has 2 saturated heterocycles. The van der Waals surface area contributed by atoms with Crippen molar-refractivity contribution in [3.05, 3.63) is 96.4 Å². The quantitative estimate of drug-likeness (QED) is 0.106. The first kappa shape index (κ1) is 45.4. The molecule has 0 aliphatic carbocycles. The Morgan fingerprint density at radius 1 is 0.938 bits per heavy atom. The molecule has 0 radical (unpaired) electrons. The maximum Gasteiger partial charge on any atom is 0.274 e. The van der Waals surface area contributed by atoms with Crippen LogP contribution in [0.5, 0.6) is 5.75 Å². The summed E-state index contributed by atoms with van der Waals surface area (Å²) in [7, 11) is 3.44. The minimum Gasteiger partial charge on any atom is -0.494 e. The van der Waals surface area contributed by atoms with Gasteiger partial charge in [0.25, 0.3) is 5.91 Å². The average molecular weight is 874 g/mol. The van der Waals surface area contributed by atoms with Gasteiger partial charge in [-0.25, -0.2) is 4.98 Å². The van der Waals surface area contributed by atoms with Crippen LogP contribution in [0.3, 0.4) is 0 Å². The Balaban J connectivity index is 0.915. The molecule has 0 unspecified atom stereocenters. The number of nitrogens with zero attached hydrogens (tertiary/aromatic N) is 7. The summed E-state index contributed by atoms with van der Waals surface area (Å²) in [5, 5.41) is 30.8. The van der Waals surface area contributed by atoms with Gasteiger partial charge in [0, 0.05) is 82.8 Å². The second-order valence-corrected chi connectivity index (χ2v) is 17.7. The molecular formula is C47H59N11O6. The van der Waals surface area contributed by atoms with Crippen molar-refractivity contribution >= 4 is 35.0 Å². The Morgan fingerprint density at radius 2 is 1.69 bits per heavy atom. The summed E-state index contributed by atoms with van der Waals surface area (Å²) in [5.41, 5.74) is 5.21. The minimum atomic E-state index is -0.923.